The minimum atomic E-state index is -0.184. The summed E-state index contributed by atoms with van der Waals surface area (Å²) < 4.78 is 10.3. The Morgan fingerprint density at radius 1 is 1.36 bits per heavy atom. The summed E-state index contributed by atoms with van der Waals surface area (Å²) in [4.78, 5) is 11.1. The van der Waals surface area contributed by atoms with Crippen LogP contribution < -0.4 is 9.47 Å². The Morgan fingerprint density at radius 3 is 2.71 bits per heavy atom. The van der Waals surface area contributed by atoms with Gasteiger partial charge in [-0.25, -0.2) is 0 Å². The lowest BCUT2D eigenvalue weighted by Crippen LogP contribution is -2.00. The van der Waals surface area contributed by atoms with Crippen LogP contribution in [0.2, 0.25) is 0 Å². The fourth-order valence-corrected chi connectivity index (χ4v) is 1.72. The predicted molar refractivity (Wildman–Crippen MR) is 51.8 cm³/mol. The largest absolute Gasteiger partial charge is 0.496 e. The molecule has 0 aliphatic carbocycles. The number of methoxy groups -OCH3 is 1. The minimum absolute atomic E-state index is 0.184. The zero-order chi connectivity index (χ0) is 10.3. The maximum absolute atomic E-state index is 11.1. The second kappa shape index (κ2) is 3.01. The van der Waals surface area contributed by atoms with Crippen LogP contribution in [0.25, 0.3) is 0 Å². The highest BCUT2D eigenvalue weighted by molar-refractivity contribution is 5.82. The van der Waals surface area contributed by atoms with E-state index in [-0.39, 0.29) is 5.97 Å². The highest BCUT2D eigenvalue weighted by Gasteiger charge is 2.24. The van der Waals surface area contributed by atoms with Gasteiger partial charge in [0.05, 0.1) is 13.5 Å². The lowest BCUT2D eigenvalue weighted by molar-refractivity contribution is -0.131. The first-order chi connectivity index (χ1) is 6.63. The first-order valence-corrected chi connectivity index (χ1v) is 4.51. The van der Waals surface area contributed by atoms with E-state index in [0.29, 0.717) is 12.2 Å². The quantitative estimate of drug-likeness (QED) is 0.502. The third-order valence-corrected chi connectivity index (χ3v) is 2.64. The summed E-state index contributed by atoms with van der Waals surface area (Å²) >= 11 is 0. The van der Waals surface area contributed by atoms with Gasteiger partial charge in [-0.1, -0.05) is 0 Å². The summed E-state index contributed by atoms with van der Waals surface area (Å²) in [7, 11) is 1.63. The summed E-state index contributed by atoms with van der Waals surface area (Å²) in [6.07, 6.45) is 0.354. The van der Waals surface area contributed by atoms with Gasteiger partial charge in [-0.3, -0.25) is 4.79 Å². The molecule has 0 unspecified atom stereocenters. The van der Waals surface area contributed by atoms with E-state index in [1.54, 1.807) is 7.11 Å². The van der Waals surface area contributed by atoms with Gasteiger partial charge < -0.3 is 9.47 Å². The molecule has 74 valence electrons. The van der Waals surface area contributed by atoms with Gasteiger partial charge >= 0.3 is 5.97 Å². The molecule has 0 fully saturated rings. The number of fused-ring (bicyclic) bond motifs is 1. The minimum Gasteiger partial charge on any atom is -0.496 e. The van der Waals surface area contributed by atoms with Crippen molar-refractivity contribution in [3.63, 3.8) is 0 Å². The average Bonchev–Trinajstić information content (AvgIpc) is 2.52. The maximum Gasteiger partial charge on any atom is 0.315 e. The van der Waals surface area contributed by atoms with Crippen LogP contribution in [0.3, 0.4) is 0 Å². The zero-order valence-corrected chi connectivity index (χ0v) is 8.51. The molecule has 1 aromatic rings. The molecule has 3 heteroatoms. The molecule has 1 aliphatic rings. The van der Waals surface area contributed by atoms with Crippen molar-refractivity contribution in [2.45, 2.75) is 20.3 Å². The molecule has 0 spiro atoms. The van der Waals surface area contributed by atoms with Gasteiger partial charge in [-0.15, -0.1) is 0 Å². The maximum atomic E-state index is 11.1. The molecule has 3 nitrogen and oxygen atoms in total. The van der Waals surface area contributed by atoms with Crippen molar-refractivity contribution in [1.82, 2.24) is 0 Å². The van der Waals surface area contributed by atoms with Gasteiger partial charge in [0.15, 0.2) is 0 Å². The Balaban J connectivity index is 2.61. The van der Waals surface area contributed by atoms with E-state index >= 15 is 0 Å². The summed E-state index contributed by atoms with van der Waals surface area (Å²) in [6.45, 7) is 3.90. The van der Waals surface area contributed by atoms with Gasteiger partial charge in [-0.2, -0.15) is 0 Å². The molecule has 14 heavy (non-hydrogen) atoms. The van der Waals surface area contributed by atoms with E-state index in [4.69, 9.17) is 9.47 Å². The van der Waals surface area contributed by atoms with Crippen molar-refractivity contribution in [3.05, 3.63) is 22.8 Å². The van der Waals surface area contributed by atoms with Gasteiger partial charge in [0.1, 0.15) is 11.5 Å². The van der Waals surface area contributed by atoms with Crippen molar-refractivity contribution in [2.24, 2.45) is 0 Å². The van der Waals surface area contributed by atoms with Gasteiger partial charge in [0.2, 0.25) is 0 Å². The van der Waals surface area contributed by atoms with Gasteiger partial charge in [0, 0.05) is 5.56 Å². The summed E-state index contributed by atoms with van der Waals surface area (Å²) in [5.41, 5.74) is 2.95. The fourth-order valence-electron chi connectivity index (χ4n) is 1.72. The number of carbonyl (C=O) groups excluding carboxylic acids is 1. The lowest BCUT2D eigenvalue weighted by atomic mass is 10.0. The van der Waals surface area contributed by atoms with Crippen LogP contribution in [-0.2, 0) is 11.2 Å². The molecule has 0 N–H and O–H groups in total. The molecule has 1 heterocycles. The molecule has 0 amide bonds. The van der Waals surface area contributed by atoms with Gasteiger partial charge in [0.25, 0.3) is 0 Å². The molecule has 1 aliphatic heterocycles. The second-order valence-electron chi connectivity index (χ2n) is 3.47. The van der Waals surface area contributed by atoms with E-state index < -0.39 is 0 Å². The Morgan fingerprint density at radius 2 is 2.07 bits per heavy atom. The van der Waals surface area contributed by atoms with Crippen molar-refractivity contribution < 1.29 is 14.3 Å². The lowest BCUT2D eigenvalue weighted by Gasteiger charge is -2.10. The van der Waals surface area contributed by atoms with Crippen LogP contribution in [0.1, 0.15) is 16.7 Å². The third kappa shape index (κ3) is 1.16. The van der Waals surface area contributed by atoms with E-state index in [0.717, 1.165) is 22.4 Å². The van der Waals surface area contributed by atoms with Crippen molar-refractivity contribution in [3.8, 4) is 11.5 Å². The summed E-state index contributed by atoms with van der Waals surface area (Å²) in [5, 5.41) is 0. The van der Waals surface area contributed by atoms with E-state index in [2.05, 4.69) is 0 Å². The highest BCUT2D eigenvalue weighted by Crippen LogP contribution is 2.36. The summed E-state index contributed by atoms with van der Waals surface area (Å²) in [5.74, 6) is 1.35. The van der Waals surface area contributed by atoms with Crippen molar-refractivity contribution >= 4 is 5.97 Å². The second-order valence-corrected chi connectivity index (χ2v) is 3.47. The molecule has 0 radical (unpaired) electrons. The number of esters is 1. The molecule has 0 saturated heterocycles. The number of hydrogen-bond acceptors (Lipinski definition) is 3. The molecular weight excluding hydrogens is 180 g/mol. The number of benzene rings is 1. The van der Waals surface area contributed by atoms with Crippen molar-refractivity contribution in [1.29, 1.82) is 0 Å². The number of rotatable bonds is 1. The molecule has 2 rings (SSSR count). The van der Waals surface area contributed by atoms with Crippen LogP contribution in [0, 0.1) is 13.8 Å². The molecule has 0 atom stereocenters. The normalized spacial score (nSPS) is 13.8. The Bertz CT molecular complexity index is 407. The van der Waals surface area contributed by atoms with E-state index in [1.165, 1.54) is 0 Å². The van der Waals surface area contributed by atoms with E-state index in [1.807, 2.05) is 19.9 Å². The monoisotopic (exact) mass is 192 g/mol. The molecular formula is C11H12O3. The zero-order valence-electron chi connectivity index (χ0n) is 8.51. The smallest absolute Gasteiger partial charge is 0.315 e. The van der Waals surface area contributed by atoms with Crippen LogP contribution >= 0.6 is 0 Å². The average molecular weight is 192 g/mol. The molecule has 0 saturated carbocycles. The Labute approximate surface area is 82.6 Å². The SMILES string of the molecule is COc1cc2c(c(C)c1C)OC(=O)C2. The fraction of sp³-hybridized carbons (Fsp3) is 0.364. The molecule has 1 aromatic carbocycles. The van der Waals surface area contributed by atoms with Crippen LogP contribution in [0.5, 0.6) is 11.5 Å². The number of ether oxygens (including phenoxy) is 2. The third-order valence-electron chi connectivity index (χ3n) is 2.64. The number of carbonyl (C=O) groups is 1. The first kappa shape index (κ1) is 9.06. The highest BCUT2D eigenvalue weighted by atomic mass is 16.5. The van der Waals surface area contributed by atoms with Crippen LogP contribution in [0.15, 0.2) is 6.07 Å². The summed E-state index contributed by atoms with van der Waals surface area (Å²) in [6, 6.07) is 1.88. The van der Waals surface area contributed by atoms with Crippen LogP contribution in [-0.4, -0.2) is 13.1 Å². The Kier molecular flexibility index (Phi) is 1.95. The molecule has 0 bridgehead atoms. The Hall–Kier alpha value is -1.51. The van der Waals surface area contributed by atoms with Crippen molar-refractivity contribution in [2.75, 3.05) is 7.11 Å². The molecule has 0 aromatic heterocycles. The standard InChI is InChI=1S/C11H12O3/c1-6-7(2)11-8(4-9(6)13-3)5-10(12)14-11/h4H,5H2,1-3H3. The van der Waals surface area contributed by atoms with Gasteiger partial charge in [-0.05, 0) is 31.0 Å². The van der Waals surface area contributed by atoms with Crippen LogP contribution in [0.4, 0.5) is 0 Å². The number of hydrogen-bond donors (Lipinski definition) is 0. The van der Waals surface area contributed by atoms with E-state index in [9.17, 15) is 4.79 Å². The topological polar surface area (TPSA) is 35.5 Å². The predicted octanol–water partition coefficient (Wildman–Crippen LogP) is 1.77. The first-order valence-electron chi connectivity index (χ1n) is 4.51.